The highest BCUT2D eigenvalue weighted by molar-refractivity contribution is 5.28. The molecule has 1 N–H and O–H groups in total. The fourth-order valence-electron chi connectivity index (χ4n) is 2.36. The SMILES string of the molecule is CCCn1ncc(OC)c1C(CC(C)(C)OC)NCC. The van der Waals surface area contributed by atoms with Gasteiger partial charge in [-0.05, 0) is 33.2 Å². The van der Waals surface area contributed by atoms with E-state index in [1.54, 1.807) is 20.4 Å². The summed E-state index contributed by atoms with van der Waals surface area (Å²) in [5.41, 5.74) is 0.917. The van der Waals surface area contributed by atoms with Gasteiger partial charge in [0.25, 0.3) is 0 Å². The molecule has 1 aromatic heterocycles. The minimum atomic E-state index is -0.195. The molecule has 1 heterocycles. The van der Waals surface area contributed by atoms with Gasteiger partial charge in [-0.2, -0.15) is 5.10 Å². The summed E-state index contributed by atoms with van der Waals surface area (Å²) in [6, 6.07) is 0.166. The predicted molar refractivity (Wildman–Crippen MR) is 81.2 cm³/mol. The number of nitrogens with zero attached hydrogens (tertiary/aromatic N) is 2. The Labute approximate surface area is 122 Å². The van der Waals surface area contributed by atoms with Gasteiger partial charge < -0.3 is 14.8 Å². The highest BCUT2D eigenvalue weighted by Crippen LogP contribution is 2.32. The van der Waals surface area contributed by atoms with Crippen LogP contribution in [0, 0.1) is 0 Å². The van der Waals surface area contributed by atoms with Gasteiger partial charge in [-0.15, -0.1) is 0 Å². The van der Waals surface area contributed by atoms with Crippen molar-refractivity contribution >= 4 is 0 Å². The van der Waals surface area contributed by atoms with Crippen molar-refractivity contribution in [1.82, 2.24) is 15.1 Å². The molecule has 0 aromatic carbocycles. The summed E-state index contributed by atoms with van der Waals surface area (Å²) < 4.78 is 13.1. The lowest BCUT2D eigenvalue weighted by molar-refractivity contribution is 0.00607. The summed E-state index contributed by atoms with van der Waals surface area (Å²) in [7, 11) is 3.45. The van der Waals surface area contributed by atoms with Gasteiger partial charge in [-0.3, -0.25) is 4.68 Å². The third-order valence-electron chi connectivity index (χ3n) is 3.53. The van der Waals surface area contributed by atoms with E-state index in [2.05, 4.69) is 38.1 Å². The van der Waals surface area contributed by atoms with Crippen LogP contribution < -0.4 is 10.1 Å². The average molecular weight is 283 g/mol. The van der Waals surface area contributed by atoms with Crippen molar-refractivity contribution in [2.24, 2.45) is 0 Å². The molecular formula is C15H29N3O2. The molecule has 0 radical (unpaired) electrons. The molecular weight excluding hydrogens is 254 g/mol. The van der Waals surface area contributed by atoms with Crippen LogP contribution in [0.15, 0.2) is 6.20 Å². The van der Waals surface area contributed by atoms with E-state index < -0.39 is 0 Å². The molecule has 1 atom stereocenters. The summed E-state index contributed by atoms with van der Waals surface area (Å²) in [5.74, 6) is 0.844. The number of nitrogens with one attached hydrogen (secondary N) is 1. The number of aryl methyl sites for hydroxylation is 1. The number of ether oxygens (including phenoxy) is 2. The predicted octanol–water partition coefficient (Wildman–Crippen LogP) is 2.77. The van der Waals surface area contributed by atoms with Gasteiger partial charge in [-0.25, -0.2) is 0 Å². The van der Waals surface area contributed by atoms with Crippen LogP contribution >= 0.6 is 0 Å². The molecule has 1 aromatic rings. The van der Waals surface area contributed by atoms with Crippen LogP contribution in [0.25, 0.3) is 0 Å². The molecule has 0 aliphatic carbocycles. The molecule has 0 aliphatic heterocycles. The van der Waals surface area contributed by atoms with E-state index in [0.29, 0.717) is 0 Å². The maximum absolute atomic E-state index is 5.58. The summed E-state index contributed by atoms with van der Waals surface area (Å²) in [4.78, 5) is 0. The summed E-state index contributed by atoms with van der Waals surface area (Å²) in [5, 5.41) is 7.97. The zero-order valence-corrected chi connectivity index (χ0v) is 13.7. The smallest absolute Gasteiger partial charge is 0.161 e. The Morgan fingerprint density at radius 3 is 2.55 bits per heavy atom. The first-order valence-corrected chi connectivity index (χ1v) is 7.37. The maximum atomic E-state index is 5.58. The van der Waals surface area contributed by atoms with Gasteiger partial charge in [0.2, 0.25) is 0 Å². The topological polar surface area (TPSA) is 48.3 Å². The van der Waals surface area contributed by atoms with Crippen molar-refractivity contribution in [3.8, 4) is 5.75 Å². The molecule has 116 valence electrons. The van der Waals surface area contributed by atoms with Crippen LogP contribution in [0.1, 0.15) is 52.3 Å². The fraction of sp³-hybridized carbons (Fsp3) is 0.800. The number of methoxy groups -OCH3 is 2. The van der Waals surface area contributed by atoms with Crippen LogP contribution in [-0.2, 0) is 11.3 Å². The van der Waals surface area contributed by atoms with E-state index in [1.165, 1.54) is 0 Å². The molecule has 0 bridgehead atoms. The standard InChI is InChI=1S/C15H29N3O2/c1-7-9-18-14(13(19-5)11-17-18)12(16-8-2)10-15(3,4)20-6/h11-12,16H,7-10H2,1-6H3. The lowest BCUT2D eigenvalue weighted by Gasteiger charge is -2.29. The van der Waals surface area contributed by atoms with Crippen molar-refractivity contribution < 1.29 is 9.47 Å². The molecule has 1 rings (SSSR count). The molecule has 5 heteroatoms. The van der Waals surface area contributed by atoms with E-state index in [4.69, 9.17) is 9.47 Å². The zero-order valence-electron chi connectivity index (χ0n) is 13.7. The number of rotatable bonds is 9. The minimum Gasteiger partial charge on any atom is -0.493 e. The van der Waals surface area contributed by atoms with Crippen LogP contribution in [0.3, 0.4) is 0 Å². The van der Waals surface area contributed by atoms with Crippen molar-refractivity contribution in [3.63, 3.8) is 0 Å². The van der Waals surface area contributed by atoms with Gasteiger partial charge in [0.15, 0.2) is 5.75 Å². The zero-order chi connectivity index (χ0) is 15.2. The van der Waals surface area contributed by atoms with E-state index in [0.717, 1.165) is 37.4 Å². The molecule has 20 heavy (non-hydrogen) atoms. The van der Waals surface area contributed by atoms with Crippen molar-refractivity contribution in [2.45, 2.75) is 58.7 Å². The van der Waals surface area contributed by atoms with Gasteiger partial charge in [0, 0.05) is 13.7 Å². The first-order valence-electron chi connectivity index (χ1n) is 7.37. The second kappa shape index (κ2) is 7.64. The van der Waals surface area contributed by atoms with E-state index >= 15 is 0 Å². The quantitative estimate of drug-likeness (QED) is 0.757. The van der Waals surface area contributed by atoms with Crippen molar-refractivity contribution in [2.75, 3.05) is 20.8 Å². The Kier molecular flexibility index (Phi) is 6.49. The van der Waals surface area contributed by atoms with Gasteiger partial charge >= 0.3 is 0 Å². The van der Waals surface area contributed by atoms with E-state index in [1.807, 2.05) is 4.68 Å². The van der Waals surface area contributed by atoms with E-state index in [-0.39, 0.29) is 11.6 Å². The molecule has 0 aliphatic rings. The molecule has 1 unspecified atom stereocenters. The maximum Gasteiger partial charge on any atom is 0.161 e. The van der Waals surface area contributed by atoms with Crippen molar-refractivity contribution in [1.29, 1.82) is 0 Å². The first-order chi connectivity index (χ1) is 9.49. The Bertz CT molecular complexity index is 402. The average Bonchev–Trinajstić information content (AvgIpc) is 2.81. The second-order valence-electron chi connectivity index (χ2n) is 5.60. The third-order valence-corrected chi connectivity index (χ3v) is 3.53. The molecule has 0 fully saturated rings. The van der Waals surface area contributed by atoms with Gasteiger partial charge in [0.05, 0.1) is 30.6 Å². The third kappa shape index (κ3) is 4.21. The largest absolute Gasteiger partial charge is 0.493 e. The summed E-state index contributed by atoms with van der Waals surface area (Å²) >= 11 is 0. The minimum absolute atomic E-state index is 0.166. The highest BCUT2D eigenvalue weighted by Gasteiger charge is 2.28. The Hall–Kier alpha value is -1.07. The van der Waals surface area contributed by atoms with Gasteiger partial charge in [-0.1, -0.05) is 13.8 Å². The van der Waals surface area contributed by atoms with Crippen LogP contribution in [0.5, 0.6) is 5.75 Å². The summed E-state index contributed by atoms with van der Waals surface area (Å²) in [6.45, 7) is 10.3. The Morgan fingerprint density at radius 1 is 1.35 bits per heavy atom. The first kappa shape index (κ1) is 17.0. The summed E-state index contributed by atoms with van der Waals surface area (Å²) in [6.07, 6.45) is 3.71. The highest BCUT2D eigenvalue weighted by atomic mass is 16.5. The van der Waals surface area contributed by atoms with Crippen LogP contribution in [0.4, 0.5) is 0 Å². The number of hydrogen-bond donors (Lipinski definition) is 1. The lowest BCUT2D eigenvalue weighted by atomic mass is 9.96. The molecule has 0 saturated carbocycles. The Balaban J connectivity index is 3.09. The number of hydrogen-bond acceptors (Lipinski definition) is 4. The monoisotopic (exact) mass is 283 g/mol. The van der Waals surface area contributed by atoms with Crippen LogP contribution in [-0.4, -0.2) is 36.1 Å². The van der Waals surface area contributed by atoms with Crippen LogP contribution in [0.2, 0.25) is 0 Å². The Morgan fingerprint density at radius 2 is 2.05 bits per heavy atom. The fourth-order valence-corrected chi connectivity index (χ4v) is 2.36. The molecule has 0 saturated heterocycles. The lowest BCUT2D eigenvalue weighted by Crippen LogP contribution is -2.33. The normalized spacial score (nSPS) is 13.5. The van der Waals surface area contributed by atoms with Crippen molar-refractivity contribution in [3.05, 3.63) is 11.9 Å². The second-order valence-corrected chi connectivity index (χ2v) is 5.60. The molecule has 5 nitrogen and oxygen atoms in total. The molecule has 0 spiro atoms. The van der Waals surface area contributed by atoms with E-state index in [9.17, 15) is 0 Å². The van der Waals surface area contributed by atoms with Gasteiger partial charge in [0.1, 0.15) is 0 Å². The number of aromatic nitrogens is 2. The molecule has 0 amide bonds.